The molecule has 14 heteroatoms. The lowest BCUT2D eigenvalue weighted by Gasteiger charge is -2.18. The number of alkyl halides is 3. The minimum atomic E-state index is -4.85. The molecule has 0 aliphatic carbocycles. The molecule has 0 radical (unpaired) electrons. The van der Waals surface area contributed by atoms with Gasteiger partial charge in [0.1, 0.15) is 45.6 Å². The molecule has 0 saturated heterocycles. The lowest BCUT2D eigenvalue weighted by atomic mass is 10.1. The zero-order chi connectivity index (χ0) is 25.3. The molecule has 0 amide bonds. The first-order valence-electron chi connectivity index (χ1n) is 9.51. The first-order valence-corrected chi connectivity index (χ1v) is 10.5. The van der Waals surface area contributed by atoms with Crippen LogP contribution in [-0.2, 0) is 4.74 Å². The summed E-state index contributed by atoms with van der Waals surface area (Å²) >= 11 is 1.61. The summed E-state index contributed by atoms with van der Waals surface area (Å²) in [5.41, 5.74) is 5.25. The van der Waals surface area contributed by atoms with Crippen molar-refractivity contribution in [2.24, 2.45) is 8.44 Å². The van der Waals surface area contributed by atoms with Crippen LogP contribution < -0.4 is 16.0 Å². The maximum absolute atomic E-state index is 12.9. The van der Waals surface area contributed by atoms with E-state index in [0.29, 0.717) is 11.1 Å². The molecule has 0 aliphatic heterocycles. The van der Waals surface area contributed by atoms with Crippen molar-refractivity contribution in [1.29, 1.82) is 0 Å². The molecule has 0 atom stereocenters. The van der Waals surface area contributed by atoms with Crippen LogP contribution in [-0.4, -0.2) is 32.4 Å². The Morgan fingerprint density at radius 1 is 1.15 bits per heavy atom. The lowest BCUT2D eigenvalue weighted by Crippen LogP contribution is -2.27. The van der Waals surface area contributed by atoms with E-state index in [4.69, 9.17) is 10.5 Å². The number of pyridine rings is 1. The minimum absolute atomic E-state index is 0.0383. The number of aromatic nitrogens is 3. The molecular formula is C20H18F3IN6O4. The lowest BCUT2D eigenvalue weighted by molar-refractivity contribution is -0.274. The molecule has 10 nitrogen and oxygen atoms in total. The molecule has 2 heterocycles. The van der Waals surface area contributed by atoms with Gasteiger partial charge in [-0.15, -0.1) is 21.6 Å². The average Bonchev–Trinajstić information content (AvgIpc) is 3.20. The van der Waals surface area contributed by atoms with E-state index < -0.39 is 29.4 Å². The van der Waals surface area contributed by atoms with Crippen molar-refractivity contribution in [2.75, 3.05) is 5.73 Å². The molecule has 3 aromatic rings. The maximum Gasteiger partial charge on any atom is 0.573 e. The number of nitrogen functional groups attached to an aromatic ring is 1. The molecule has 3 rings (SSSR count). The van der Waals surface area contributed by atoms with Crippen LogP contribution in [0.2, 0.25) is 0 Å². The number of hydrogen-bond donors (Lipinski definition) is 1. The van der Waals surface area contributed by atoms with E-state index in [9.17, 15) is 22.8 Å². The molecule has 2 N–H and O–H groups in total. The normalized spacial score (nSPS) is 12.2. The highest BCUT2D eigenvalue weighted by Crippen LogP contribution is 2.35. The predicted molar refractivity (Wildman–Crippen MR) is 125 cm³/mol. The first-order chi connectivity index (χ1) is 15.8. The van der Waals surface area contributed by atoms with Gasteiger partial charge in [-0.2, -0.15) is 9.78 Å². The van der Waals surface area contributed by atoms with Crippen LogP contribution in [0.25, 0.3) is 16.8 Å². The van der Waals surface area contributed by atoms with Crippen molar-refractivity contribution in [2.45, 2.75) is 32.7 Å². The second-order valence-corrected chi connectivity index (χ2v) is 8.28. The SMILES string of the molecule is CC(C)(C)OC(=O)n1cc(-c2cn(-c3ccc(OC(F)(F)F)cc3)c(=O)c(N)c2/N=N\I)cn1. The number of anilines is 1. The van der Waals surface area contributed by atoms with Crippen molar-refractivity contribution in [3.05, 3.63) is 53.2 Å². The Labute approximate surface area is 204 Å². The second kappa shape index (κ2) is 9.44. The van der Waals surface area contributed by atoms with Crippen LogP contribution in [0.1, 0.15) is 20.8 Å². The fourth-order valence-electron chi connectivity index (χ4n) is 2.85. The van der Waals surface area contributed by atoms with Gasteiger partial charge in [-0.3, -0.25) is 9.36 Å². The van der Waals surface area contributed by atoms with E-state index >= 15 is 0 Å². The number of nitrogens with zero attached hydrogens (tertiary/aromatic N) is 5. The first kappa shape index (κ1) is 25.2. The van der Waals surface area contributed by atoms with Crippen LogP contribution >= 0.6 is 22.9 Å². The number of nitrogens with two attached hydrogens (primary N) is 1. The molecule has 0 fully saturated rings. The Hall–Kier alpha value is -3.43. The van der Waals surface area contributed by atoms with Gasteiger partial charge in [0.15, 0.2) is 0 Å². The predicted octanol–water partition coefficient (Wildman–Crippen LogP) is 5.40. The van der Waals surface area contributed by atoms with Crippen molar-refractivity contribution in [3.63, 3.8) is 0 Å². The van der Waals surface area contributed by atoms with Crippen molar-refractivity contribution >= 4 is 40.3 Å². The van der Waals surface area contributed by atoms with E-state index in [1.807, 2.05) is 0 Å². The van der Waals surface area contributed by atoms with Gasteiger partial charge in [0, 0.05) is 29.2 Å². The molecule has 34 heavy (non-hydrogen) atoms. The molecule has 0 saturated carbocycles. The van der Waals surface area contributed by atoms with Crippen LogP contribution in [0.15, 0.2) is 56.1 Å². The molecule has 0 bridgehead atoms. The summed E-state index contributed by atoms with van der Waals surface area (Å²) in [6.45, 7) is 5.11. The third-order valence-electron chi connectivity index (χ3n) is 4.18. The van der Waals surface area contributed by atoms with Gasteiger partial charge in [0.2, 0.25) is 0 Å². The molecule has 0 unspecified atom stereocenters. The number of ether oxygens (including phenoxy) is 2. The zero-order valence-corrected chi connectivity index (χ0v) is 20.2. The third-order valence-corrected chi connectivity index (χ3v) is 4.39. The standard InChI is InChI=1S/C20H18F3IN6O4/c1-19(2,3)34-18(32)30-9-11(8-26-30)14-10-29(17(31)15(25)16(14)27-28-24)12-4-6-13(7-5-12)33-20(21,22)23/h4-10H,25H2,1-3H3/b28-27-. The quantitative estimate of drug-likeness (QED) is 0.321. The second-order valence-electron chi connectivity index (χ2n) is 7.85. The number of halogens is 4. The average molecular weight is 590 g/mol. The number of benzene rings is 1. The molecule has 1 aromatic carbocycles. The Bertz CT molecular complexity index is 1290. The highest BCUT2D eigenvalue weighted by Gasteiger charge is 2.31. The van der Waals surface area contributed by atoms with Crippen molar-refractivity contribution < 1.29 is 27.4 Å². The summed E-state index contributed by atoms with van der Waals surface area (Å²) < 4.78 is 52.2. The van der Waals surface area contributed by atoms with E-state index in [1.54, 1.807) is 43.6 Å². The zero-order valence-electron chi connectivity index (χ0n) is 18.0. The Kier molecular flexibility index (Phi) is 6.99. The number of carbonyl (C=O) groups excluding carboxylic acids is 1. The summed E-state index contributed by atoms with van der Waals surface area (Å²) in [5.74, 6) is -0.452. The van der Waals surface area contributed by atoms with Crippen molar-refractivity contribution in [1.82, 2.24) is 14.3 Å². The van der Waals surface area contributed by atoms with Gasteiger partial charge in [-0.1, -0.05) is 0 Å². The molecule has 0 spiro atoms. The van der Waals surface area contributed by atoms with Gasteiger partial charge < -0.3 is 15.2 Å². The summed E-state index contributed by atoms with van der Waals surface area (Å²) in [5, 5.41) is 7.92. The minimum Gasteiger partial charge on any atom is -0.442 e. The monoisotopic (exact) mass is 590 g/mol. The van der Waals surface area contributed by atoms with Crippen LogP contribution in [0.4, 0.5) is 29.3 Å². The van der Waals surface area contributed by atoms with E-state index in [0.717, 1.165) is 21.4 Å². The molecule has 180 valence electrons. The maximum atomic E-state index is 12.9. The van der Waals surface area contributed by atoms with Gasteiger partial charge in [-0.25, -0.2) is 4.79 Å². The van der Waals surface area contributed by atoms with Gasteiger partial charge in [0.05, 0.1) is 6.20 Å². The van der Waals surface area contributed by atoms with E-state index in [2.05, 4.69) is 18.3 Å². The summed E-state index contributed by atoms with van der Waals surface area (Å²) in [7, 11) is 0. The molecule has 0 aliphatic rings. The summed E-state index contributed by atoms with van der Waals surface area (Å²) in [6, 6.07) is 4.64. The van der Waals surface area contributed by atoms with Crippen LogP contribution in [0.3, 0.4) is 0 Å². The Balaban J connectivity index is 2.09. The number of hydrogen-bond acceptors (Lipinski definition) is 8. The fourth-order valence-corrected chi connectivity index (χ4v) is 3.07. The topological polar surface area (TPSA) is 126 Å². The third kappa shape index (κ3) is 5.92. The summed E-state index contributed by atoms with van der Waals surface area (Å²) in [4.78, 5) is 25.2. The fraction of sp³-hybridized carbons (Fsp3) is 0.250. The highest BCUT2D eigenvalue weighted by molar-refractivity contribution is 14.1. The summed E-state index contributed by atoms with van der Waals surface area (Å²) in [6.07, 6.45) is -1.49. The van der Waals surface area contributed by atoms with E-state index in [-0.39, 0.29) is 17.1 Å². The van der Waals surface area contributed by atoms with Crippen LogP contribution in [0, 0.1) is 0 Å². The van der Waals surface area contributed by atoms with Gasteiger partial charge in [-0.05, 0) is 45.0 Å². The van der Waals surface area contributed by atoms with E-state index in [1.165, 1.54) is 30.7 Å². The highest BCUT2D eigenvalue weighted by atomic mass is 127. The van der Waals surface area contributed by atoms with Gasteiger partial charge in [0.25, 0.3) is 5.56 Å². The smallest absolute Gasteiger partial charge is 0.442 e. The molecule has 2 aromatic heterocycles. The molecular weight excluding hydrogens is 572 g/mol. The van der Waals surface area contributed by atoms with Crippen LogP contribution in [0.5, 0.6) is 5.75 Å². The Morgan fingerprint density at radius 3 is 2.35 bits per heavy atom. The largest absolute Gasteiger partial charge is 0.573 e. The Morgan fingerprint density at radius 2 is 1.79 bits per heavy atom. The van der Waals surface area contributed by atoms with Gasteiger partial charge >= 0.3 is 12.5 Å². The number of carbonyl (C=O) groups is 1. The number of rotatable bonds is 4. The van der Waals surface area contributed by atoms with Crippen molar-refractivity contribution in [3.8, 4) is 22.6 Å².